The lowest BCUT2D eigenvalue weighted by atomic mass is 10.2. The summed E-state index contributed by atoms with van der Waals surface area (Å²) in [5.74, 6) is 0. The number of rotatable bonds is 2. The molecule has 0 spiro atoms. The molecule has 1 aromatic carbocycles. The maximum atomic E-state index is 2.41. The Morgan fingerprint density at radius 1 is 1.08 bits per heavy atom. The molecule has 12 heavy (non-hydrogen) atoms. The van der Waals surface area contributed by atoms with Gasteiger partial charge in [-0.15, -0.1) is 0 Å². The molecule has 0 amide bonds. The van der Waals surface area contributed by atoms with E-state index < -0.39 is 8.07 Å². The molecule has 0 saturated carbocycles. The van der Waals surface area contributed by atoms with Crippen LogP contribution in [0.2, 0.25) is 19.6 Å². The van der Waals surface area contributed by atoms with E-state index in [9.17, 15) is 0 Å². The van der Waals surface area contributed by atoms with Crippen LogP contribution in [0.1, 0.15) is 6.99 Å². The first-order chi connectivity index (χ1) is 5.08. The minimum atomic E-state index is -1.02. The van der Waals surface area contributed by atoms with Crippen molar-refractivity contribution in [3.05, 3.63) is 41.9 Å². The van der Waals surface area contributed by atoms with E-state index in [1.54, 1.807) is 0 Å². The van der Waals surface area contributed by atoms with Gasteiger partial charge in [0, 0.05) is 24.5 Å². The van der Waals surface area contributed by atoms with Gasteiger partial charge in [0.15, 0.2) is 0 Å². The van der Waals surface area contributed by atoms with Gasteiger partial charge in [0.25, 0.3) is 0 Å². The van der Waals surface area contributed by atoms with Crippen molar-refractivity contribution in [2.75, 3.05) is 0 Å². The topological polar surface area (TPSA) is 0 Å². The van der Waals surface area contributed by atoms with E-state index in [1.807, 2.05) is 0 Å². The third-order valence-corrected chi connectivity index (χ3v) is 2.60. The lowest BCUT2D eigenvalue weighted by Crippen LogP contribution is -2.21. The van der Waals surface area contributed by atoms with Crippen molar-refractivity contribution in [3.8, 4) is 0 Å². The van der Waals surface area contributed by atoms with Gasteiger partial charge in [-0.05, 0) is 11.6 Å². The van der Waals surface area contributed by atoms with Gasteiger partial charge in [0.05, 0.1) is 8.07 Å². The zero-order valence-corrected chi connectivity index (χ0v) is 10.6. The molecule has 0 aliphatic rings. The summed E-state index contributed by atoms with van der Waals surface area (Å²) in [5, 5.41) is 0. The van der Waals surface area contributed by atoms with Gasteiger partial charge >= 0.3 is 0 Å². The van der Waals surface area contributed by atoms with Gasteiger partial charge in [0.1, 0.15) is 0 Å². The van der Waals surface area contributed by atoms with Crippen molar-refractivity contribution in [2.24, 2.45) is 0 Å². The number of hydrogen-bond donors (Lipinski definition) is 0. The Morgan fingerprint density at radius 3 is 2.00 bits per heavy atom. The second-order valence-corrected chi connectivity index (χ2v) is 8.94. The summed E-state index contributed by atoms with van der Waals surface area (Å²) in [6.45, 7) is 7.04. The Kier molecular flexibility index (Phi) is 5.13. The zero-order valence-electron chi connectivity index (χ0n) is 8.17. The number of hydrogen-bond acceptors (Lipinski definition) is 0. The van der Waals surface area contributed by atoms with Gasteiger partial charge in [0.2, 0.25) is 0 Å². The molecule has 63 valence electrons. The van der Waals surface area contributed by atoms with Crippen molar-refractivity contribution < 1.29 is 1.43 Å². The van der Waals surface area contributed by atoms with Crippen molar-refractivity contribution in [1.29, 1.82) is 0 Å². The fraction of sp³-hybridized carbons (Fsp3) is 0.300. The summed E-state index contributed by atoms with van der Waals surface area (Å²) in [6, 6.07) is 13.0. The third-order valence-electron chi connectivity index (χ3n) is 1.40. The molecule has 0 N–H and O–H groups in total. The monoisotopic (exact) mass is 189 g/mol. The first-order valence-corrected chi connectivity index (χ1v) is 7.57. The molecule has 0 saturated heterocycles. The largest absolute Gasteiger partial charge is 0.0691 e. The second-order valence-electron chi connectivity index (χ2n) is 3.92. The highest BCUT2D eigenvalue weighted by atomic mass is 28.3. The fourth-order valence-corrected chi connectivity index (χ4v) is 2.24. The lowest BCUT2D eigenvalue weighted by Gasteiger charge is -2.14. The van der Waals surface area contributed by atoms with E-state index in [-0.39, 0.29) is 24.5 Å². The molecule has 0 bridgehead atoms. The van der Waals surface area contributed by atoms with Crippen LogP contribution < -0.4 is 0 Å². The van der Waals surface area contributed by atoms with Crippen molar-refractivity contribution in [2.45, 2.75) is 19.6 Å². The van der Waals surface area contributed by atoms with Crippen LogP contribution in [0.15, 0.2) is 30.3 Å². The molecule has 0 atom stereocenters. The first kappa shape index (κ1) is 12.2. The Bertz CT molecular complexity index is 218. The first-order valence-electron chi connectivity index (χ1n) is 3.99. The standard InChI is InChI=1S/C10H15Si.Mg.H2/c1-11(2,3)9-10-7-5-4-6-8-10;;/h4-9H,1-3H3;;1H. The van der Waals surface area contributed by atoms with Crippen LogP contribution in [0.3, 0.4) is 0 Å². The Labute approximate surface area is 94.0 Å². The highest BCUT2D eigenvalue weighted by Gasteiger charge is 2.13. The molecule has 0 heterocycles. The average molecular weight is 190 g/mol. The van der Waals surface area contributed by atoms with Gasteiger partial charge in [-0.2, -0.15) is 0 Å². The maximum Gasteiger partial charge on any atom is 0.0525 e. The molecule has 0 fully saturated rings. The second kappa shape index (κ2) is 5.05. The van der Waals surface area contributed by atoms with Crippen molar-refractivity contribution in [1.82, 2.24) is 0 Å². The zero-order chi connectivity index (χ0) is 8.32. The van der Waals surface area contributed by atoms with Gasteiger partial charge in [-0.1, -0.05) is 50.0 Å². The maximum absolute atomic E-state index is 2.41. The fourth-order valence-electron chi connectivity index (χ4n) is 1.05. The quantitative estimate of drug-likeness (QED) is 0.628. The molecule has 1 aromatic rings. The van der Waals surface area contributed by atoms with E-state index >= 15 is 0 Å². The SMILES string of the molecule is C[Si](C)(C)[CH]c1ccccc1.[HH].[Mg]. The highest BCUT2D eigenvalue weighted by molar-refractivity contribution is 6.80. The molecule has 0 aliphatic heterocycles. The number of benzene rings is 1. The lowest BCUT2D eigenvalue weighted by molar-refractivity contribution is 1.52. The summed E-state index contributed by atoms with van der Waals surface area (Å²) < 4.78 is 0. The predicted molar refractivity (Wildman–Crippen MR) is 61.1 cm³/mol. The summed E-state index contributed by atoms with van der Waals surface area (Å²) in [7, 11) is -1.02. The average Bonchev–Trinajstić information content (AvgIpc) is 1.85. The smallest absolute Gasteiger partial charge is 0.0525 e. The summed E-state index contributed by atoms with van der Waals surface area (Å²) >= 11 is 0. The van der Waals surface area contributed by atoms with Gasteiger partial charge in [-0.25, -0.2) is 0 Å². The minimum Gasteiger partial charge on any atom is -0.0691 e. The molecule has 3 radical (unpaired) electrons. The minimum absolute atomic E-state index is 0. The van der Waals surface area contributed by atoms with E-state index in [1.165, 1.54) is 5.56 Å². The van der Waals surface area contributed by atoms with Crippen LogP contribution in [0, 0.1) is 6.04 Å². The predicted octanol–water partition coefficient (Wildman–Crippen LogP) is 2.98. The van der Waals surface area contributed by atoms with E-state index in [4.69, 9.17) is 0 Å². The normalized spacial score (nSPS) is 10.6. The van der Waals surface area contributed by atoms with Gasteiger partial charge in [-0.3, -0.25) is 0 Å². The van der Waals surface area contributed by atoms with Crippen molar-refractivity contribution in [3.63, 3.8) is 0 Å². The van der Waals surface area contributed by atoms with E-state index in [2.05, 4.69) is 56.0 Å². The summed E-state index contributed by atoms with van der Waals surface area (Å²) in [5.41, 5.74) is 1.37. The van der Waals surface area contributed by atoms with Crippen LogP contribution in [0.25, 0.3) is 0 Å². The van der Waals surface area contributed by atoms with Gasteiger partial charge < -0.3 is 0 Å². The van der Waals surface area contributed by atoms with Crippen LogP contribution in [0.5, 0.6) is 0 Å². The molecule has 0 unspecified atom stereocenters. The van der Waals surface area contributed by atoms with Crippen molar-refractivity contribution >= 4 is 31.1 Å². The van der Waals surface area contributed by atoms with E-state index in [0.717, 1.165) is 0 Å². The van der Waals surface area contributed by atoms with Crippen LogP contribution in [-0.4, -0.2) is 31.1 Å². The Balaban J connectivity index is 0. The molecule has 2 heteroatoms. The Morgan fingerprint density at radius 2 is 1.58 bits per heavy atom. The highest BCUT2D eigenvalue weighted by Crippen LogP contribution is 2.12. The molecule has 0 aromatic heterocycles. The van der Waals surface area contributed by atoms with E-state index in [0.29, 0.717) is 0 Å². The van der Waals surface area contributed by atoms with Crippen LogP contribution in [0.4, 0.5) is 0 Å². The molecular formula is C10H17MgSi. The summed E-state index contributed by atoms with van der Waals surface area (Å²) in [4.78, 5) is 0. The Hall–Kier alpha value is 0.203. The molecular weight excluding hydrogens is 173 g/mol. The summed E-state index contributed by atoms with van der Waals surface area (Å²) in [6.07, 6.45) is 0. The van der Waals surface area contributed by atoms with Crippen LogP contribution in [-0.2, 0) is 0 Å². The molecule has 1 rings (SSSR count). The third kappa shape index (κ3) is 4.96. The molecule has 0 aliphatic carbocycles. The molecule has 0 nitrogen and oxygen atoms in total. The van der Waals surface area contributed by atoms with Crippen LogP contribution >= 0.6 is 0 Å².